The molecule has 0 amide bonds. The van der Waals surface area contributed by atoms with Crippen LogP contribution in [0.15, 0.2) is 0 Å². The van der Waals surface area contributed by atoms with E-state index in [2.05, 4.69) is 50.8 Å². The second kappa shape index (κ2) is 7.71. The van der Waals surface area contributed by atoms with E-state index in [1.807, 2.05) is 0 Å². The number of tetrazole rings is 1. The van der Waals surface area contributed by atoms with Crippen molar-refractivity contribution in [2.75, 3.05) is 32.7 Å². The van der Waals surface area contributed by atoms with Gasteiger partial charge in [0, 0.05) is 26.2 Å². The first-order valence-corrected chi connectivity index (χ1v) is 9.43. The van der Waals surface area contributed by atoms with Crippen molar-refractivity contribution in [1.29, 1.82) is 0 Å². The van der Waals surface area contributed by atoms with E-state index in [0.29, 0.717) is 18.0 Å². The van der Waals surface area contributed by atoms with Crippen molar-refractivity contribution in [3.63, 3.8) is 0 Å². The van der Waals surface area contributed by atoms with E-state index in [0.717, 1.165) is 45.0 Å². The summed E-state index contributed by atoms with van der Waals surface area (Å²) in [6.45, 7) is 12.6. The largest absolute Gasteiger partial charge is 0.301 e. The molecule has 6 nitrogen and oxygen atoms in total. The fraction of sp³-hybridized carbons (Fsp3) is 0.941. The highest BCUT2D eigenvalue weighted by molar-refractivity contribution is 4.98. The molecule has 1 atom stereocenters. The zero-order valence-corrected chi connectivity index (χ0v) is 15.0. The Kier molecular flexibility index (Phi) is 5.64. The number of rotatable bonds is 6. The zero-order chi connectivity index (χ0) is 16.2. The fourth-order valence-corrected chi connectivity index (χ4v) is 4.08. The van der Waals surface area contributed by atoms with E-state index in [1.54, 1.807) is 0 Å². The standard InChI is InChI=1S/C17H32N6/c1-4-21-9-11-22(12-10-21)16(13-14(2)3)17-18-19-20-23(17)15-7-5-6-8-15/h14-16H,4-13H2,1-3H3/t16-/m0/s1. The number of likely N-dealkylation sites (N-methyl/N-ethyl adjacent to an activating group) is 1. The lowest BCUT2D eigenvalue weighted by Crippen LogP contribution is -2.48. The van der Waals surface area contributed by atoms with Gasteiger partial charge in [-0.1, -0.05) is 33.6 Å². The van der Waals surface area contributed by atoms with Gasteiger partial charge in [-0.15, -0.1) is 5.10 Å². The summed E-state index contributed by atoms with van der Waals surface area (Å²) in [5, 5.41) is 12.9. The average molecular weight is 320 g/mol. The number of piperazine rings is 1. The van der Waals surface area contributed by atoms with Crippen LogP contribution in [0.5, 0.6) is 0 Å². The normalized spacial score (nSPS) is 23.0. The summed E-state index contributed by atoms with van der Waals surface area (Å²) in [6.07, 6.45) is 6.23. The van der Waals surface area contributed by atoms with Crippen LogP contribution in [0, 0.1) is 5.92 Å². The van der Waals surface area contributed by atoms with E-state index >= 15 is 0 Å². The van der Waals surface area contributed by atoms with Crippen LogP contribution in [0.4, 0.5) is 0 Å². The summed E-state index contributed by atoms with van der Waals surface area (Å²) in [5.74, 6) is 1.76. The van der Waals surface area contributed by atoms with E-state index in [-0.39, 0.29) is 0 Å². The predicted octanol–water partition coefficient (Wildman–Crippen LogP) is 2.51. The van der Waals surface area contributed by atoms with Crippen LogP contribution in [0.3, 0.4) is 0 Å². The molecule has 3 rings (SSSR count). The molecule has 0 spiro atoms. The third-order valence-corrected chi connectivity index (χ3v) is 5.48. The zero-order valence-electron chi connectivity index (χ0n) is 15.0. The van der Waals surface area contributed by atoms with Crippen LogP contribution in [-0.4, -0.2) is 62.7 Å². The Morgan fingerprint density at radius 2 is 1.78 bits per heavy atom. The number of hydrogen-bond donors (Lipinski definition) is 0. The highest BCUT2D eigenvalue weighted by atomic mass is 15.6. The van der Waals surface area contributed by atoms with Crippen molar-refractivity contribution >= 4 is 0 Å². The van der Waals surface area contributed by atoms with Gasteiger partial charge in [0.1, 0.15) is 0 Å². The first-order valence-electron chi connectivity index (χ1n) is 9.43. The molecule has 1 aliphatic heterocycles. The first kappa shape index (κ1) is 16.8. The van der Waals surface area contributed by atoms with Crippen molar-refractivity contribution in [2.45, 2.75) is 65.0 Å². The monoisotopic (exact) mass is 320 g/mol. The van der Waals surface area contributed by atoms with Crippen LogP contribution in [0.2, 0.25) is 0 Å². The topological polar surface area (TPSA) is 50.1 Å². The van der Waals surface area contributed by atoms with Gasteiger partial charge in [-0.25, -0.2) is 4.68 Å². The SMILES string of the molecule is CCN1CCN([C@@H](CC(C)C)c2nnnn2C2CCCC2)CC1. The molecule has 2 heterocycles. The van der Waals surface area contributed by atoms with Crippen LogP contribution in [-0.2, 0) is 0 Å². The lowest BCUT2D eigenvalue weighted by atomic mass is 10.0. The first-order chi connectivity index (χ1) is 11.2. The Bertz CT molecular complexity index is 471. The molecule has 1 aromatic rings. The van der Waals surface area contributed by atoms with Gasteiger partial charge in [0.2, 0.25) is 0 Å². The predicted molar refractivity (Wildman–Crippen MR) is 91.2 cm³/mol. The number of aromatic nitrogens is 4. The van der Waals surface area contributed by atoms with E-state index in [9.17, 15) is 0 Å². The molecule has 0 radical (unpaired) electrons. The Balaban J connectivity index is 1.78. The molecule has 1 aliphatic carbocycles. The van der Waals surface area contributed by atoms with Crippen molar-refractivity contribution in [2.24, 2.45) is 5.92 Å². The molecule has 0 bridgehead atoms. The molecule has 23 heavy (non-hydrogen) atoms. The van der Waals surface area contributed by atoms with Gasteiger partial charge in [-0.05, 0) is 42.2 Å². The minimum Gasteiger partial charge on any atom is -0.301 e. The Morgan fingerprint density at radius 3 is 2.39 bits per heavy atom. The molecule has 1 saturated carbocycles. The average Bonchev–Trinajstić information content (AvgIpc) is 3.23. The molecule has 0 aromatic carbocycles. The molecular weight excluding hydrogens is 288 g/mol. The Morgan fingerprint density at radius 1 is 1.09 bits per heavy atom. The van der Waals surface area contributed by atoms with Gasteiger partial charge in [-0.2, -0.15) is 0 Å². The van der Waals surface area contributed by atoms with Gasteiger partial charge in [-0.3, -0.25) is 4.90 Å². The second-order valence-electron chi connectivity index (χ2n) is 7.54. The molecule has 6 heteroatoms. The molecule has 2 aliphatic rings. The summed E-state index contributed by atoms with van der Waals surface area (Å²) in [4.78, 5) is 5.15. The maximum atomic E-state index is 4.48. The smallest absolute Gasteiger partial charge is 0.168 e. The second-order valence-corrected chi connectivity index (χ2v) is 7.54. The molecule has 2 fully saturated rings. The van der Waals surface area contributed by atoms with Gasteiger partial charge in [0.25, 0.3) is 0 Å². The van der Waals surface area contributed by atoms with Crippen molar-refractivity contribution in [3.05, 3.63) is 5.82 Å². The third kappa shape index (κ3) is 3.91. The molecule has 1 saturated heterocycles. The molecule has 1 aromatic heterocycles. The molecular formula is C17H32N6. The summed E-state index contributed by atoms with van der Waals surface area (Å²) < 4.78 is 2.16. The van der Waals surface area contributed by atoms with Crippen LogP contribution < -0.4 is 0 Å². The highest BCUT2D eigenvalue weighted by Gasteiger charge is 2.31. The Labute approximate surface area is 140 Å². The van der Waals surface area contributed by atoms with Crippen molar-refractivity contribution in [3.8, 4) is 0 Å². The Hall–Kier alpha value is -1.01. The van der Waals surface area contributed by atoms with Gasteiger partial charge >= 0.3 is 0 Å². The third-order valence-electron chi connectivity index (χ3n) is 5.48. The minimum atomic E-state index is 0.365. The molecule has 130 valence electrons. The van der Waals surface area contributed by atoms with Crippen LogP contribution >= 0.6 is 0 Å². The summed E-state index contributed by atoms with van der Waals surface area (Å²) in [7, 11) is 0. The number of nitrogens with zero attached hydrogens (tertiary/aromatic N) is 6. The van der Waals surface area contributed by atoms with Crippen molar-refractivity contribution in [1.82, 2.24) is 30.0 Å². The quantitative estimate of drug-likeness (QED) is 0.806. The van der Waals surface area contributed by atoms with E-state index < -0.39 is 0 Å². The summed E-state index contributed by atoms with van der Waals surface area (Å²) >= 11 is 0. The minimum absolute atomic E-state index is 0.365. The van der Waals surface area contributed by atoms with Gasteiger partial charge in [0.15, 0.2) is 5.82 Å². The fourth-order valence-electron chi connectivity index (χ4n) is 4.08. The van der Waals surface area contributed by atoms with Gasteiger partial charge in [0.05, 0.1) is 12.1 Å². The van der Waals surface area contributed by atoms with Gasteiger partial charge < -0.3 is 4.90 Å². The summed E-state index contributed by atoms with van der Waals surface area (Å²) in [5.41, 5.74) is 0. The lowest BCUT2D eigenvalue weighted by Gasteiger charge is -2.39. The summed E-state index contributed by atoms with van der Waals surface area (Å²) in [6, 6.07) is 0.885. The van der Waals surface area contributed by atoms with E-state index in [1.165, 1.54) is 25.7 Å². The molecule has 0 N–H and O–H groups in total. The molecule has 0 unspecified atom stereocenters. The van der Waals surface area contributed by atoms with Crippen molar-refractivity contribution < 1.29 is 0 Å². The maximum absolute atomic E-state index is 4.48. The van der Waals surface area contributed by atoms with Crippen LogP contribution in [0.1, 0.15) is 70.8 Å². The van der Waals surface area contributed by atoms with Crippen LogP contribution in [0.25, 0.3) is 0 Å². The lowest BCUT2D eigenvalue weighted by molar-refractivity contribution is 0.0823. The highest BCUT2D eigenvalue weighted by Crippen LogP contribution is 2.33. The van der Waals surface area contributed by atoms with E-state index in [4.69, 9.17) is 0 Å². The number of hydrogen-bond acceptors (Lipinski definition) is 5. The maximum Gasteiger partial charge on any atom is 0.168 e.